The van der Waals surface area contributed by atoms with Crippen LogP contribution in [0.4, 0.5) is 4.39 Å². The maximum Gasteiger partial charge on any atom is 0.123 e. The predicted molar refractivity (Wildman–Crippen MR) is 55.1 cm³/mol. The molecule has 0 amide bonds. The molecule has 3 heteroatoms. The Hall–Kier alpha value is -1.35. The van der Waals surface area contributed by atoms with Crippen molar-refractivity contribution in [2.45, 2.75) is 6.61 Å². The number of halogens is 1. The van der Waals surface area contributed by atoms with Gasteiger partial charge in [-0.15, -0.1) is 11.3 Å². The first kappa shape index (κ1) is 9.21. The Morgan fingerprint density at radius 3 is 2.57 bits per heavy atom. The maximum absolute atomic E-state index is 12.5. The van der Waals surface area contributed by atoms with Gasteiger partial charge in [0.05, 0.1) is 0 Å². The molecule has 0 fully saturated rings. The summed E-state index contributed by atoms with van der Waals surface area (Å²) in [6.07, 6.45) is 0. The van der Waals surface area contributed by atoms with Gasteiger partial charge in [-0.3, -0.25) is 0 Å². The van der Waals surface area contributed by atoms with Gasteiger partial charge in [0.1, 0.15) is 18.2 Å². The summed E-state index contributed by atoms with van der Waals surface area (Å²) in [4.78, 5) is 1.16. The van der Waals surface area contributed by atoms with E-state index in [0.29, 0.717) is 12.4 Å². The van der Waals surface area contributed by atoms with Crippen LogP contribution in [0.25, 0.3) is 0 Å². The van der Waals surface area contributed by atoms with Crippen LogP contribution >= 0.6 is 11.3 Å². The molecular formula is C11H9FOS. The maximum atomic E-state index is 12.5. The molecule has 0 radical (unpaired) electrons. The van der Waals surface area contributed by atoms with Crippen molar-refractivity contribution in [1.82, 2.24) is 0 Å². The lowest BCUT2D eigenvalue weighted by molar-refractivity contribution is 0.309. The van der Waals surface area contributed by atoms with E-state index in [0.717, 1.165) is 4.88 Å². The highest BCUT2D eigenvalue weighted by Gasteiger charge is 1.96. The first-order valence-corrected chi connectivity index (χ1v) is 5.13. The van der Waals surface area contributed by atoms with Gasteiger partial charge in [-0.1, -0.05) is 6.07 Å². The molecule has 0 N–H and O–H groups in total. The van der Waals surface area contributed by atoms with Crippen LogP contribution in [0.2, 0.25) is 0 Å². The molecule has 0 atom stereocenters. The largest absolute Gasteiger partial charge is 0.488 e. The summed E-state index contributed by atoms with van der Waals surface area (Å²) in [5.74, 6) is 0.452. The van der Waals surface area contributed by atoms with Gasteiger partial charge in [-0.25, -0.2) is 4.39 Å². The van der Waals surface area contributed by atoms with Crippen LogP contribution in [-0.2, 0) is 6.61 Å². The van der Waals surface area contributed by atoms with Crippen molar-refractivity contribution >= 4 is 11.3 Å². The molecule has 0 saturated carbocycles. The number of hydrogen-bond acceptors (Lipinski definition) is 2. The monoisotopic (exact) mass is 208 g/mol. The van der Waals surface area contributed by atoms with E-state index in [1.807, 2.05) is 17.5 Å². The topological polar surface area (TPSA) is 9.23 Å². The van der Waals surface area contributed by atoms with Crippen molar-refractivity contribution in [2.24, 2.45) is 0 Å². The summed E-state index contributed by atoms with van der Waals surface area (Å²) in [6, 6.07) is 10.0. The zero-order valence-corrected chi connectivity index (χ0v) is 8.26. The molecule has 0 bridgehead atoms. The van der Waals surface area contributed by atoms with Crippen molar-refractivity contribution in [3.8, 4) is 5.75 Å². The second kappa shape index (κ2) is 4.24. The predicted octanol–water partition coefficient (Wildman–Crippen LogP) is 3.47. The number of ether oxygens (including phenoxy) is 1. The zero-order chi connectivity index (χ0) is 9.80. The van der Waals surface area contributed by atoms with E-state index >= 15 is 0 Å². The molecule has 0 saturated heterocycles. The lowest BCUT2D eigenvalue weighted by Crippen LogP contribution is -1.92. The van der Waals surface area contributed by atoms with Gasteiger partial charge in [0.15, 0.2) is 0 Å². The smallest absolute Gasteiger partial charge is 0.123 e. The van der Waals surface area contributed by atoms with Crippen molar-refractivity contribution < 1.29 is 9.13 Å². The fraction of sp³-hybridized carbons (Fsp3) is 0.0909. The fourth-order valence-corrected chi connectivity index (χ4v) is 1.70. The average molecular weight is 208 g/mol. The van der Waals surface area contributed by atoms with Gasteiger partial charge >= 0.3 is 0 Å². The van der Waals surface area contributed by atoms with Crippen molar-refractivity contribution in [3.05, 3.63) is 52.5 Å². The van der Waals surface area contributed by atoms with Crippen molar-refractivity contribution in [2.75, 3.05) is 0 Å². The molecule has 1 aromatic carbocycles. The quantitative estimate of drug-likeness (QED) is 0.750. The molecule has 0 unspecified atom stereocenters. The van der Waals surface area contributed by atoms with E-state index in [-0.39, 0.29) is 5.82 Å². The van der Waals surface area contributed by atoms with Gasteiger partial charge in [0, 0.05) is 4.88 Å². The van der Waals surface area contributed by atoms with E-state index in [2.05, 4.69) is 0 Å². The van der Waals surface area contributed by atoms with E-state index in [1.165, 1.54) is 12.1 Å². The van der Waals surface area contributed by atoms with Crippen LogP contribution in [0, 0.1) is 5.82 Å². The second-order valence-corrected chi connectivity index (χ2v) is 3.85. The Morgan fingerprint density at radius 1 is 1.14 bits per heavy atom. The molecular weight excluding hydrogens is 199 g/mol. The Morgan fingerprint density at radius 2 is 1.93 bits per heavy atom. The Labute approximate surface area is 85.8 Å². The summed E-state index contributed by atoms with van der Waals surface area (Å²) in [5, 5.41) is 2.00. The number of rotatable bonds is 3. The Bertz CT molecular complexity index is 380. The molecule has 2 rings (SSSR count). The standard InChI is InChI=1S/C11H9FOS/c12-9-3-5-10(6-4-9)13-8-11-2-1-7-14-11/h1-7H,8H2. The molecule has 2 aromatic rings. The van der Waals surface area contributed by atoms with Gasteiger partial charge < -0.3 is 4.74 Å². The van der Waals surface area contributed by atoms with Crippen LogP contribution < -0.4 is 4.74 Å². The third-order valence-electron chi connectivity index (χ3n) is 1.77. The molecule has 0 aliphatic rings. The summed E-state index contributed by atoms with van der Waals surface area (Å²) in [6.45, 7) is 0.545. The van der Waals surface area contributed by atoms with Gasteiger partial charge in [0.2, 0.25) is 0 Å². The first-order chi connectivity index (χ1) is 6.84. The normalized spacial score (nSPS) is 10.1. The number of benzene rings is 1. The van der Waals surface area contributed by atoms with E-state index < -0.39 is 0 Å². The molecule has 1 nitrogen and oxygen atoms in total. The molecule has 0 aliphatic heterocycles. The van der Waals surface area contributed by atoms with E-state index in [9.17, 15) is 4.39 Å². The van der Waals surface area contributed by atoms with Crippen molar-refractivity contribution in [3.63, 3.8) is 0 Å². The highest BCUT2D eigenvalue weighted by molar-refractivity contribution is 7.09. The average Bonchev–Trinajstić information content (AvgIpc) is 2.70. The zero-order valence-electron chi connectivity index (χ0n) is 7.44. The van der Waals surface area contributed by atoms with Crippen LogP contribution in [0.15, 0.2) is 41.8 Å². The molecule has 72 valence electrons. The third kappa shape index (κ3) is 2.33. The van der Waals surface area contributed by atoms with Crippen LogP contribution in [0.3, 0.4) is 0 Å². The Kier molecular flexibility index (Phi) is 2.79. The van der Waals surface area contributed by atoms with Crippen LogP contribution in [0.5, 0.6) is 5.75 Å². The molecule has 1 heterocycles. The highest BCUT2D eigenvalue weighted by Crippen LogP contribution is 2.15. The van der Waals surface area contributed by atoms with Crippen LogP contribution in [-0.4, -0.2) is 0 Å². The summed E-state index contributed by atoms with van der Waals surface area (Å²) >= 11 is 1.65. The summed E-state index contributed by atoms with van der Waals surface area (Å²) in [7, 11) is 0. The van der Waals surface area contributed by atoms with E-state index in [1.54, 1.807) is 23.5 Å². The minimum atomic E-state index is -0.242. The SMILES string of the molecule is Fc1ccc(OCc2cccs2)cc1. The first-order valence-electron chi connectivity index (χ1n) is 4.25. The summed E-state index contributed by atoms with van der Waals surface area (Å²) < 4.78 is 18.0. The van der Waals surface area contributed by atoms with Crippen LogP contribution in [0.1, 0.15) is 4.88 Å². The van der Waals surface area contributed by atoms with Gasteiger partial charge in [-0.05, 0) is 35.7 Å². The van der Waals surface area contributed by atoms with E-state index in [4.69, 9.17) is 4.74 Å². The van der Waals surface area contributed by atoms with Crippen molar-refractivity contribution in [1.29, 1.82) is 0 Å². The Balaban J connectivity index is 1.95. The summed E-state index contributed by atoms with van der Waals surface area (Å²) in [5.41, 5.74) is 0. The lowest BCUT2D eigenvalue weighted by Gasteiger charge is -2.03. The number of hydrogen-bond donors (Lipinski definition) is 0. The number of thiophene rings is 1. The highest BCUT2D eigenvalue weighted by atomic mass is 32.1. The molecule has 0 spiro atoms. The van der Waals surface area contributed by atoms with Gasteiger partial charge in [0.25, 0.3) is 0 Å². The molecule has 0 aliphatic carbocycles. The molecule has 14 heavy (non-hydrogen) atoms. The van der Waals surface area contributed by atoms with Gasteiger partial charge in [-0.2, -0.15) is 0 Å². The minimum absolute atomic E-state index is 0.242. The molecule has 1 aromatic heterocycles. The second-order valence-electron chi connectivity index (χ2n) is 2.82. The fourth-order valence-electron chi connectivity index (χ4n) is 1.08. The minimum Gasteiger partial charge on any atom is -0.488 e. The lowest BCUT2D eigenvalue weighted by atomic mass is 10.3. The third-order valence-corrected chi connectivity index (χ3v) is 2.62.